The first-order valence-electron chi connectivity index (χ1n) is 6.33. The van der Waals surface area contributed by atoms with Crippen LogP contribution in [0.3, 0.4) is 0 Å². The number of benzene rings is 1. The Labute approximate surface area is 143 Å². The molecule has 0 aliphatic carbocycles. The van der Waals surface area contributed by atoms with Gasteiger partial charge in [0.15, 0.2) is 5.82 Å². The van der Waals surface area contributed by atoms with Crippen molar-refractivity contribution < 1.29 is 0 Å². The minimum Gasteiger partial charge on any atom is -0.369 e. The van der Waals surface area contributed by atoms with Crippen LogP contribution in [0.15, 0.2) is 24.3 Å². The van der Waals surface area contributed by atoms with E-state index in [4.69, 9.17) is 46.4 Å². The fraction of sp³-hybridized carbons (Fsp3) is 0.214. The highest BCUT2D eigenvalue weighted by Gasteiger charge is 2.11. The van der Waals surface area contributed by atoms with E-state index in [0.29, 0.717) is 37.4 Å². The van der Waals surface area contributed by atoms with Crippen molar-refractivity contribution in [2.45, 2.75) is 13.3 Å². The van der Waals surface area contributed by atoms with Gasteiger partial charge >= 0.3 is 0 Å². The maximum absolute atomic E-state index is 6.16. The Hall–Kier alpha value is -0.870. The number of aromatic nitrogens is 1. The molecule has 0 bridgehead atoms. The zero-order valence-corrected chi connectivity index (χ0v) is 14.2. The van der Waals surface area contributed by atoms with Crippen LogP contribution in [0, 0.1) is 0 Å². The second-order valence-electron chi connectivity index (χ2n) is 4.33. The molecule has 7 heteroatoms. The number of anilines is 3. The van der Waals surface area contributed by atoms with Crippen molar-refractivity contribution in [3.63, 3.8) is 0 Å². The standard InChI is InChI=1S/C14H13Cl4N3/c1-2-5-19-13-10(17)7-11(18)14(21-13)20-12-4-3-8(15)6-9(12)16/h3-4,6-7H,2,5H2,1H3,(H2,19,20,21). The normalized spacial score (nSPS) is 10.5. The molecule has 3 nitrogen and oxygen atoms in total. The molecule has 2 N–H and O–H groups in total. The molecule has 0 saturated heterocycles. The molecule has 2 rings (SSSR count). The Bertz CT molecular complexity index is 646. The number of pyridine rings is 1. The Kier molecular flexibility index (Phi) is 5.82. The SMILES string of the molecule is CCCNc1nc(Nc2ccc(Cl)cc2Cl)c(Cl)cc1Cl. The average Bonchev–Trinajstić information content (AvgIpc) is 2.43. The molecular formula is C14H13Cl4N3. The molecule has 0 fully saturated rings. The lowest BCUT2D eigenvalue weighted by Crippen LogP contribution is -2.05. The van der Waals surface area contributed by atoms with E-state index in [2.05, 4.69) is 22.5 Å². The molecule has 0 aliphatic heterocycles. The van der Waals surface area contributed by atoms with Gasteiger partial charge in [-0.3, -0.25) is 0 Å². The zero-order chi connectivity index (χ0) is 15.4. The number of rotatable bonds is 5. The predicted octanol–water partition coefficient (Wildman–Crippen LogP) is 6.26. The monoisotopic (exact) mass is 363 g/mol. The van der Waals surface area contributed by atoms with E-state index in [9.17, 15) is 0 Å². The summed E-state index contributed by atoms with van der Waals surface area (Å²) in [4.78, 5) is 4.39. The molecule has 0 saturated carbocycles. The largest absolute Gasteiger partial charge is 0.369 e. The van der Waals surface area contributed by atoms with Crippen molar-refractivity contribution in [1.29, 1.82) is 0 Å². The van der Waals surface area contributed by atoms with Gasteiger partial charge in [-0.15, -0.1) is 0 Å². The summed E-state index contributed by atoms with van der Waals surface area (Å²) in [5.41, 5.74) is 0.666. The van der Waals surface area contributed by atoms with E-state index < -0.39 is 0 Å². The summed E-state index contributed by atoms with van der Waals surface area (Å²) < 4.78 is 0. The third-order valence-corrected chi connectivity index (χ3v) is 3.78. The second kappa shape index (κ2) is 7.41. The Morgan fingerprint density at radius 1 is 0.952 bits per heavy atom. The Balaban J connectivity index is 2.30. The van der Waals surface area contributed by atoms with Gasteiger partial charge in [-0.05, 0) is 30.7 Å². The second-order valence-corrected chi connectivity index (χ2v) is 5.98. The van der Waals surface area contributed by atoms with E-state index in [1.807, 2.05) is 0 Å². The first kappa shape index (κ1) is 16.5. The fourth-order valence-electron chi connectivity index (χ4n) is 1.64. The third kappa shape index (κ3) is 4.30. The lowest BCUT2D eigenvalue weighted by atomic mass is 10.3. The van der Waals surface area contributed by atoms with Crippen LogP contribution in [-0.4, -0.2) is 11.5 Å². The predicted molar refractivity (Wildman–Crippen MR) is 92.8 cm³/mol. The van der Waals surface area contributed by atoms with Crippen LogP contribution in [0.5, 0.6) is 0 Å². The minimum absolute atomic E-state index is 0.410. The maximum atomic E-state index is 6.16. The molecule has 1 heterocycles. The number of hydrogen-bond acceptors (Lipinski definition) is 3. The molecule has 2 aromatic rings. The van der Waals surface area contributed by atoms with Gasteiger partial charge in [0, 0.05) is 11.6 Å². The Morgan fingerprint density at radius 2 is 1.67 bits per heavy atom. The first-order chi connectivity index (χ1) is 10.0. The van der Waals surface area contributed by atoms with Gasteiger partial charge in [0.2, 0.25) is 0 Å². The van der Waals surface area contributed by atoms with Crippen LogP contribution in [0.2, 0.25) is 20.1 Å². The molecule has 0 aliphatic rings. The number of hydrogen-bond donors (Lipinski definition) is 2. The molecule has 112 valence electrons. The van der Waals surface area contributed by atoms with Gasteiger partial charge in [-0.25, -0.2) is 4.98 Å². The summed E-state index contributed by atoms with van der Waals surface area (Å²) in [5, 5.41) is 8.15. The minimum atomic E-state index is 0.410. The van der Waals surface area contributed by atoms with Crippen molar-refractivity contribution in [3.8, 4) is 0 Å². The number of halogens is 4. The fourth-order valence-corrected chi connectivity index (χ4v) is 2.57. The first-order valence-corrected chi connectivity index (χ1v) is 7.84. The van der Waals surface area contributed by atoms with E-state index >= 15 is 0 Å². The maximum Gasteiger partial charge on any atom is 0.151 e. The number of nitrogens with one attached hydrogen (secondary N) is 2. The van der Waals surface area contributed by atoms with Gasteiger partial charge in [-0.1, -0.05) is 53.3 Å². The van der Waals surface area contributed by atoms with Crippen LogP contribution in [0.25, 0.3) is 0 Å². The molecule has 0 amide bonds. The van der Waals surface area contributed by atoms with Crippen LogP contribution < -0.4 is 10.6 Å². The summed E-state index contributed by atoms with van der Waals surface area (Å²) >= 11 is 24.3. The zero-order valence-electron chi connectivity index (χ0n) is 11.2. The average molecular weight is 365 g/mol. The summed E-state index contributed by atoms with van der Waals surface area (Å²) in [6.45, 7) is 2.83. The summed E-state index contributed by atoms with van der Waals surface area (Å²) in [5.74, 6) is 1.05. The van der Waals surface area contributed by atoms with Crippen LogP contribution in [0.1, 0.15) is 13.3 Å². The molecular weight excluding hydrogens is 352 g/mol. The number of nitrogens with zero attached hydrogens (tertiary/aromatic N) is 1. The quantitative estimate of drug-likeness (QED) is 0.657. The van der Waals surface area contributed by atoms with Crippen molar-refractivity contribution in [2.75, 3.05) is 17.2 Å². The third-order valence-electron chi connectivity index (χ3n) is 2.66. The van der Waals surface area contributed by atoms with Gasteiger partial charge in [0.25, 0.3) is 0 Å². The van der Waals surface area contributed by atoms with Gasteiger partial charge in [-0.2, -0.15) is 0 Å². The lowest BCUT2D eigenvalue weighted by molar-refractivity contribution is 0.970. The molecule has 1 aromatic carbocycles. The topological polar surface area (TPSA) is 37.0 Å². The highest BCUT2D eigenvalue weighted by atomic mass is 35.5. The highest BCUT2D eigenvalue weighted by molar-refractivity contribution is 6.38. The molecule has 0 radical (unpaired) electrons. The summed E-state index contributed by atoms with van der Waals surface area (Å²) in [6, 6.07) is 6.78. The van der Waals surface area contributed by atoms with E-state index in [0.717, 1.165) is 13.0 Å². The van der Waals surface area contributed by atoms with E-state index in [-0.39, 0.29) is 0 Å². The van der Waals surface area contributed by atoms with E-state index in [1.54, 1.807) is 24.3 Å². The van der Waals surface area contributed by atoms with Crippen molar-refractivity contribution >= 4 is 63.7 Å². The van der Waals surface area contributed by atoms with Crippen LogP contribution >= 0.6 is 46.4 Å². The summed E-state index contributed by atoms with van der Waals surface area (Å²) in [6.07, 6.45) is 0.965. The molecule has 1 aromatic heterocycles. The molecule has 21 heavy (non-hydrogen) atoms. The molecule has 0 atom stereocenters. The highest BCUT2D eigenvalue weighted by Crippen LogP contribution is 2.33. The van der Waals surface area contributed by atoms with E-state index in [1.165, 1.54) is 0 Å². The van der Waals surface area contributed by atoms with Gasteiger partial charge in [0.1, 0.15) is 5.82 Å². The van der Waals surface area contributed by atoms with Crippen LogP contribution in [-0.2, 0) is 0 Å². The molecule has 0 unspecified atom stereocenters. The Morgan fingerprint density at radius 3 is 2.33 bits per heavy atom. The van der Waals surface area contributed by atoms with Gasteiger partial charge < -0.3 is 10.6 Å². The summed E-state index contributed by atoms with van der Waals surface area (Å²) in [7, 11) is 0. The molecule has 0 spiro atoms. The lowest BCUT2D eigenvalue weighted by Gasteiger charge is -2.13. The smallest absolute Gasteiger partial charge is 0.151 e. The van der Waals surface area contributed by atoms with Crippen LogP contribution in [0.4, 0.5) is 17.3 Å². The van der Waals surface area contributed by atoms with Crippen molar-refractivity contribution in [1.82, 2.24) is 4.98 Å². The van der Waals surface area contributed by atoms with Gasteiger partial charge in [0.05, 0.1) is 20.8 Å². The van der Waals surface area contributed by atoms with Crippen molar-refractivity contribution in [2.24, 2.45) is 0 Å². The van der Waals surface area contributed by atoms with Crippen molar-refractivity contribution in [3.05, 3.63) is 44.4 Å².